The summed E-state index contributed by atoms with van der Waals surface area (Å²) in [4.78, 5) is 12.3. The first-order chi connectivity index (χ1) is 11.0. The van der Waals surface area contributed by atoms with Crippen molar-refractivity contribution in [3.8, 4) is 18.0 Å². The number of nitriles is 2. The van der Waals surface area contributed by atoms with Crippen LogP contribution in [0.5, 0.6) is 5.88 Å². The molecule has 7 heteroatoms. The van der Waals surface area contributed by atoms with Crippen molar-refractivity contribution >= 4 is 0 Å². The van der Waals surface area contributed by atoms with Gasteiger partial charge >= 0.3 is 0 Å². The lowest BCUT2D eigenvalue weighted by atomic mass is 9.85. The summed E-state index contributed by atoms with van der Waals surface area (Å²) in [5, 5.41) is 18.7. The lowest BCUT2D eigenvalue weighted by molar-refractivity contribution is 0.349. The van der Waals surface area contributed by atoms with E-state index in [-0.39, 0.29) is 22.9 Å². The molecule has 2 aromatic heterocycles. The molecule has 0 radical (unpaired) electrons. The van der Waals surface area contributed by atoms with Crippen molar-refractivity contribution in [2.24, 2.45) is 12.8 Å². The van der Waals surface area contributed by atoms with E-state index in [0.29, 0.717) is 16.9 Å². The molecule has 1 aliphatic rings. The van der Waals surface area contributed by atoms with Gasteiger partial charge in [0.25, 0.3) is 5.56 Å². The van der Waals surface area contributed by atoms with Gasteiger partial charge in [0, 0.05) is 12.6 Å². The summed E-state index contributed by atoms with van der Waals surface area (Å²) in [5.41, 5.74) is 6.54. The standard InChI is InChI=1S/C16H12N4O3/c1-8-9(6-17)15(21)20(2)16-12(8)13(11-4-3-5-22-11)10(7-18)14(19)23-16/h3-5,13H,19H2,1-2H3. The number of ether oxygens (including phenoxy) is 1. The summed E-state index contributed by atoms with van der Waals surface area (Å²) in [6, 6.07) is 7.35. The van der Waals surface area contributed by atoms with Crippen LogP contribution in [0, 0.1) is 29.6 Å². The highest BCUT2D eigenvalue weighted by molar-refractivity contribution is 5.57. The lowest BCUT2D eigenvalue weighted by Crippen LogP contribution is -2.30. The van der Waals surface area contributed by atoms with Crippen LogP contribution in [0.4, 0.5) is 0 Å². The molecule has 0 fully saturated rings. The Bertz CT molecular complexity index is 969. The van der Waals surface area contributed by atoms with Crippen LogP contribution in [-0.4, -0.2) is 4.57 Å². The molecule has 0 aliphatic carbocycles. The fourth-order valence-corrected chi connectivity index (χ4v) is 2.80. The van der Waals surface area contributed by atoms with Gasteiger partial charge < -0.3 is 14.9 Å². The van der Waals surface area contributed by atoms with Gasteiger partial charge in [-0.2, -0.15) is 10.5 Å². The van der Waals surface area contributed by atoms with E-state index >= 15 is 0 Å². The van der Waals surface area contributed by atoms with Gasteiger partial charge in [-0.05, 0) is 24.6 Å². The van der Waals surface area contributed by atoms with Crippen LogP contribution >= 0.6 is 0 Å². The molecular weight excluding hydrogens is 296 g/mol. The lowest BCUT2D eigenvalue weighted by Gasteiger charge is -2.27. The van der Waals surface area contributed by atoms with Gasteiger partial charge in [0.15, 0.2) is 0 Å². The van der Waals surface area contributed by atoms with Crippen molar-refractivity contribution in [3.63, 3.8) is 0 Å². The number of furan rings is 1. The Morgan fingerprint density at radius 3 is 2.65 bits per heavy atom. The molecule has 1 unspecified atom stereocenters. The van der Waals surface area contributed by atoms with Gasteiger partial charge in [-0.3, -0.25) is 9.36 Å². The number of nitrogens with zero attached hydrogens (tertiary/aromatic N) is 3. The maximum Gasteiger partial charge on any atom is 0.271 e. The van der Waals surface area contributed by atoms with Gasteiger partial charge in [0.2, 0.25) is 11.8 Å². The zero-order chi connectivity index (χ0) is 16.7. The van der Waals surface area contributed by atoms with Gasteiger partial charge in [-0.15, -0.1) is 0 Å². The minimum Gasteiger partial charge on any atom is -0.468 e. The fraction of sp³-hybridized carbons (Fsp3) is 0.188. The summed E-state index contributed by atoms with van der Waals surface area (Å²) >= 11 is 0. The first kappa shape index (κ1) is 14.5. The molecule has 2 N–H and O–H groups in total. The van der Waals surface area contributed by atoms with Gasteiger partial charge in [-0.1, -0.05) is 0 Å². The zero-order valence-electron chi connectivity index (χ0n) is 12.5. The number of hydrogen-bond acceptors (Lipinski definition) is 6. The molecule has 1 aliphatic heterocycles. The average Bonchev–Trinajstić information content (AvgIpc) is 3.06. The van der Waals surface area contributed by atoms with E-state index in [4.69, 9.17) is 14.9 Å². The largest absolute Gasteiger partial charge is 0.468 e. The average molecular weight is 308 g/mol. The summed E-state index contributed by atoms with van der Waals surface area (Å²) < 4.78 is 12.2. The number of allylic oxidation sites excluding steroid dienone is 1. The Labute approximate surface area is 131 Å². The van der Waals surface area contributed by atoms with Gasteiger partial charge in [0.05, 0.1) is 12.2 Å². The minimum atomic E-state index is -0.627. The maximum atomic E-state index is 12.3. The Kier molecular flexibility index (Phi) is 3.20. The second kappa shape index (κ2) is 5.08. The first-order valence-corrected chi connectivity index (χ1v) is 6.75. The third kappa shape index (κ3) is 1.91. The molecule has 0 saturated carbocycles. The normalized spacial score (nSPS) is 16.3. The highest BCUT2D eigenvalue weighted by Gasteiger charge is 2.36. The van der Waals surface area contributed by atoms with Crippen molar-refractivity contribution in [2.75, 3.05) is 0 Å². The van der Waals surface area contributed by atoms with E-state index in [0.717, 1.165) is 0 Å². The van der Waals surface area contributed by atoms with E-state index in [1.165, 1.54) is 17.9 Å². The molecule has 1 atom stereocenters. The zero-order valence-corrected chi connectivity index (χ0v) is 12.5. The van der Waals surface area contributed by atoms with Gasteiger partial charge in [-0.25, -0.2) is 0 Å². The smallest absolute Gasteiger partial charge is 0.271 e. The Morgan fingerprint density at radius 2 is 2.09 bits per heavy atom. The Hall–Kier alpha value is -3.45. The topological polar surface area (TPSA) is 118 Å². The third-order valence-electron chi connectivity index (χ3n) is 3.94. The van der Waals surface area contributed by atoms with Crippen LogP contribution in [0.2, 0.25) is 0 Å². The molecule has 114 valence electrons. The highest BCUT2D eigenvalue weighted by Crippen LogP contribution is 2.43. The molecule has 0 spiro atoms. The van der Waals surface area contributed by atoms with Crippen LogP contribution in [0.3, 0.4) is 0 Å². The number of pyridine rings is 1. The summed E-state index contributed by atoms with van der Waals surface area (Å²) in [6.45, 7) is 1.65. The third-order valence-corrected chi connectivity index (χ3v) is 3.94. The predicted molar refractivity (Wildman–Crippen MR) is 79.1 cm³/mol. The SMILES string of the molecule is Cc1c2c(n(C)c(=O)c1C#N)OC(N)=C(C#N)C2c1ccco1. The van der Waals surface area contributed by atoms with Crippen molar-refractivity contribution in [2.45, 2.75) is 12.8 Å². The van der Waals surface area contributed by atoms with E-state index in [2.05, 4.69) is 0 Å². The fourth-order valence-electron chi connectivity index (χ4n) is 2.80. The molecule has 0 bridgehead atoms. The highest BCUT2D eigenvalue weighted by atomic mass is 16.5. The minimum absolute atomic E-state index is 0.00386. The van der Waals surface area contributed by atoms with Crippen molar-refractivity contribution in [1.82, 2.24) is 4.57 Å². The van der Waals surface area contributed by atoms with E-state index in [1.54, 1.807) is 19.1 Å². The number of fused-ring (bicyclic) bond motifs is 1. The number of rotatable bonds is 1. The number of hydrogen-bond donors (Lipinski definition) is 1. The molecule has 2 aromatic rings. The quantitative estimate of drug-likeness (QED) is 0.850. The van der Waals surface area contributed by atoms with Crippen molar-refractivity contribution in [1.29, 1.82) is 10.5 Å². The molecule has 7 nitrogen and oxygen atoms in total. The van der Waals surface area contributed by atoms with Gasteiger partial charge in [0.1, 0.15) is 29.0 Å². The van der Waals surface area contributed by atoms with E-state index in [9.17, 15) is 15.3 Å². The summed E-state index contributed by atoms with van der Waals surface area (Å²) in [5.74, 6) is -0.0118. The van der Waals surface area contributed by atoms with E-state index in [1.807, 2.05) is 12.1 Å². The van der Waals surface area contributed by atoms with Crippen LogP contribution in [0.15, 0.2) is 39.1 Å². The molecule has 0 aromatic carbocycles. The van der Waals surface area contributed by atoms with Crippen LogP contribution in [0.25, 0.3) is 0 Å². The Balaban J connectivity index is 2.44. The first-order valence-electron chi connectivity index (χ1n) is 6.75. The number of aromatic nitrogens is 1. The maximum absolute atomic E-state index is 12.3. The van der Waals surface area contributed by atoms with Crippen LogP contribution in [-0.2, 0) is 7.05 Å². The molecule has 23 heavy (non-hydrogen) atoms. The second-order valence-electron chi connectivity index (χ2n) is 5.14. The van der Waals surface area contributed by atoms with Crippen LogP contribution in [0.1, 0.15) is 28.4 Å². The Morgan fingerprint density at radius 1 is 1.35 bits per heavy atom. The monoisotopic (exact) mass is 308 g/mol. The molecule has 3 rings (SSSR count). The summed E-state index contributed by atoms with van der Waals surface area (Å²) in [6.07, 6.45) is 1.48. The van der Waals surface area contributed by atoms with E-state index < -0.39 is 11.5 Å². The molecule has 0 saturated heterocycles. The predicted octanol–water partition coefficient (Wildman–Crippen LogP) is 1.38. The molecule has 0 amide bonds. The van der Waals surface area contributed by atoms with Crippen molar-refractivity contribution in [3.05, 3.63) is 62.7 Å². The van der Waals surface area contributed by atoms with Crippen molar-refractivity contribution < 1.29 is 9.15 Å². The number of nitrogens with two attached hydrogens (primary N) is 1. The molecule has 3 heterocycles. The van der Waals surface area contributed by atoms with Crippen LogP contribution < -0.4 is 16.0 Å². The molecular formula is C16H12N4O3. The summed E-state index contributed by atoms with van der Waals surface area (Å²) in [7, 11) is 1.49. The second-order valence-corrected chi connectivity index (χ2v) is 5.14.